The highest BCUT2D eigenvalue weighted by atomic mass is 32.1. The molecule has 1 aliphatic heterocycles. The number of carbonyl (C=O) groups is 2. The summed E-state index contributed by atoms with van der Waals surface area (Å²) in [6.07, 6.45) is 1.58. The molecule has 1 atom stereocenters. The first-order valence-corrected chi connectivity index (χ1v) is 8.59. The van der Waals surface area contributed by atoms with Gasteiger partial charge in [-0.2, -0.15) is 0 Å². The fourth-order valence-corrected chi connectivity index (χ4v) is 3.62. The second-order valence-corrected chi connectivity index (χ2v) is 6.79. The van der Waals surface area contributed by atoms with Crippen LogP contribution in [0.4, 0.5) is 0 Å². The Hall–Kier alpha value is -2.08. The maximum atomic E-state index is 12.7. The van der Waals surface area contributed by atoms with Crippen LogP contribution in [0, 0.1) is 6.92 Å². The molecule has 0 N–H and O–H groups in total. The summed E-state index contributed by atoms with van der Waals surface area (Å²) in [6.45, 7) is 2.94. The topological polar surface area (TPSA) is 53.8 Å². The number of furan rings is 1. The molecule has 5 nitrogen and oxygen atoms in total. The Morgan fingerprint density at radius 1 is 1.39 bits per heavy atom. The van der Waals surface area contributed by atoms with E-state index in [0.29, 0.717) is 18.0 Å². The van der Waals surface area contributed by atoms with E-state index in [1.54, 1.807) is 16.8 Å². The number of carbonyl (C=O) groups excluding carboxylic acids is 2. The van der Waals surface area contributed by atoms with Gasteiger partial charge in [0.1, 0.15) is 17.6 Å². The summed E-state index contributed by atoms with van der Waals surface area (Å²) in [4.78, 5) is 29.3. The Balaban J connectivity index is 1.69. The predicted molar refractivity (Wildman–Crippen MR) is 88.3 cm³/mol. The van der Waals surface area contributed by atoms with E-state index in [9.17, 15) is 9.59 Å². The molecule has 0 aromatic carbocycles. The van der Waals surface area contributed by atoms with E-state index in [2.05, 4.69) is 0 Å². The number of likely N-dealkylation sites (tertiary alicyclic amines) is 1. The third-order valence-electron chi connectivity index (χ3n) is 4.10. The molecule has 0 saturated carbocycles. The molecule has 3 heterocycles. The van der Waals surface area contributed by atoms with Gasteiger partial charge in [0.25, 0.3) is 5.91 Å². The molecule has 0 aliphatic carbocycles. The molecule has 2 amide bonds. The number of hydrogen-bond donors (Lipinski definition) is 0. The Morgan fingerprint density at radius 3 is 2.87 bits per heavy atom. The number of thiophene rings is 1. The standard InChI is InChI=1S/C17H20N2O3S/c1-12-7-8-13(22-12)11-18(2)16(20)14-5-3-9-19(14)17(21)15-6-4-10-23-15/h4,6-8,10,14H,3,5,9,11H2,1-2H3/t14-/m1/s1. The molecular formula is C17H20N2O3S. The maximum absolute atomic E-state index is 12.7. The van der Waals surface area contributed by atoms with Crippen molar-refractivity contribution in [2.24, 2.45) is 0 Å². The maximum Gasteiger partial charge on any atom is 0.264 e. The first-order valence-electron chi connectivity index (χ1n) is 7.71. The van der Waals surface area contributed by atoms with Crippen LogP contribution in [0.2, 0.25) is 0 Å². The van der Waals surface area contributed by atoms with Crippen LogP contribution < -0.4 is 0 Å². The Bertz CT molecular complexity index is 693. The summed E-state index contributed by atoms with van der Waals surface area (Å²) < 4.78 is 5.53. The number of nitrogens with zero attached hydrogens (tertiary/aromatic N) is 2. The van der Waals surface area contributed by atoms with Crippen LogP contribution in [0.3, 0.4) is 0 Å². The molecule has 1 fully saturated rings. The van der Waals surface area contributed by atoms with Crippen molar-refractivity contribution in [1.29, 1.82) is 0 Å². The van der Waals surface area contributed by atoms with E-state index in [-0.39, 0.29) is 17.9 Å². The van der Waals surface area contributed by atoms with Gasteiger partial charge in [-0.15, -0.1) is 11.3 Å². The molecule has 2 aromatic heterocycles. The second kappa shape index (κ2) is 6.58. The Kier molecular flexibility index (Phi) is 4.52. The minimum absolute atomic E-state index is 0.0264. The van der Waals surface area contributed by atoms with E-state index in [1.165, 1.54) is 11.3 Å². The lowest BCUT2D eigenvalue weighted by Crippen LogP contribution is -2.46. The fraction of sp³-hybridized carbons (Fsp3) is 0.412. The van der Waals surface area contributed by atoms with Crippen LogP contribution in [0.25, 0.3) is 0 Å². The van der Waals surface area contributed by atoms with Crippen molar-refractivity contribution in [2.45, 2.75) is 32.4 Å². The van der Waals surface area contributed by atoms with Gasteiger partial charge in [0.05, 0.1) is 11.4 Å². The fourth-order valence-electron chi connectivity index (χ4n) is 2.94. The normalized spacial score (nSPS) is 17.5. The van der Waals surface area contributed by atoms with Crippen molar-refractivity contribution < 1.29 is 14.0 Å². The SMILES string of the molecule is Cc1ccc(CN(C)C(=O)[C@H]2CCCN2C(=O)c2cccs2)o1. The number of hydrogen-bond acceptors (Lipinski definition) is 4. The van der Waals surface area contributed by atoms with E-state index in [1.807, 2.05) is 36.6 Å². The van der Waals surface area contributed by atoms with Gasteiger partial charge in [0.2, 0.25) is 5.91 Å². The van der Waals surface area contributed by atoms with Crippen molar-refractivity contribution in [1.82, 2.24) is 9.80 Å². The van der Waals surface area contributed by atoms with Crippen molar-refractivity contribution in [3.05, 3.63) is 46.0 Å². The zero-order chi connectivity index (χ0) is 16.4. The zero-order valence-electron chi connectivity index (χ0n) is 13.3. The largest absolute Gasteiger partial charge is 0.464 e. The van der Waals surface area contributed by atoms with Gasteiger partial charge in [0, 0.05) is 13.6 Å². The van der Waals surface area contributed by atoms with Gasteiger partial charge >= 0.3 is 0 Å². The lowest BCUT2D eigenvalue weighted by molar-refractivity contribution is -0.134. The zero-order valence-corrected chi connectivity index (χ0v) is 14.1. The van der Waals surface area contributed by atoms with Gasteiger partial charge < -0.3 is 14.2 Å². The first kappa shape index (κ1) is 15.8. The van der Waals surface area contributed by atoms with E-state index in [4.69, 9.17) is 4.42 Å². The molecule has 0 bridgehead atoms. The molecule has 0 radical (unpaired) electrons. The minimum Gasteiger partial charge on any atom is -0.464 e. The summed E-state index contributed by atoms with van der Waals surface area (Å²) in [6, 6.07) is 7.06. The van der Waals surface area contributed by atoms with E-state index < -0.39 is 0 Å². The molecule has 0 spiro atoms. The monoisotopic (exact) mass is 332 g/mol. The van der Waals surface area contributed by atoms with Crippen molar-refractivity contribution >= 4 is 23.2 Å². The quantitative estimate of drug-likeness (QED) is 0.865. The van der Waals surface area contributed by atoms with Gasteiger partial charge in [-0.3, -0.25) is 9.59 Å². The van der Waals surface area contributed by atoms with E-state index in [0.717, 1.165) is 24.4 Å². The highest BCUT2D eigenvalue weighted by molar-refractivity contribution is 7.12. The van der Waals surface area contributed by atoms with E-state index >= 15 is 0 Å². The Morgan fingerprint density at radius 2 is 2.22 bits per heavy atom. The lowest BCUT2D eigenvalue weighted by Gasteiger charge is -2.27. The number of aryl methyl sites for hydroxylation is 1. The molecule has 23 heavy (non-hydrogen) atoms. The van der Waals surface area contributed by atoms with Gasteiger partial charge in [0.15, 0.2) is 0 Å². The molecule has 1 saturated heterocycles. The summed E-state index contributed by atoms with van der Waals surface area (Å²) >= 11 is 1.41. The number of likely N-dealkylation sites (N-methyl/N-ethyl adjacent to an activating group) is 1. The van der Waals surface area contributed by atoms with Crippen LogP contribution >= 0.6 is 11.3 Å². The van der Waals surface area contributed by atoms with Crippen LogP contribution in [0.5, 0.6) is 0 Å². The van der Waals surface area contributed by atoms with Crippen LogP contribution in [0.1, 0.15) is 34.0 Å². The summed E-state index contributed by atoms with van der Waals surface area (Å²) in [5, 5.41) is 1.88. The van der Waals surface area contributed by atoms with Gasteiger partial charge in [-0.1, -0.05) is 6.07 Å². The summed E-state index contributed by atoms with van der Waals surface area (Å²) in [7, 11) is 1.76. The molecule has 2 aromatic rings. The predicted octanol–water partition coefficient (Wildman–Crippen LogP) is 2.91. The minimum atomic E-state index is -0.370. The van der Waals surface area contributed by atoms with Crippen LogP contribution in [-0.4, -0.2) is 41.2 Å². The summed E-state index contributed by atoms with van der Waals surface area (Å²) in [5.74, 6) is 1.52. The van der Waals surface area contributed by atoms with Gasteiger partial charge in [-0.25, -0.2) is 0 Å². The smallest absolute Gasteiger partial charge is 0.264 e. The lowest BCUT2D eigenvalue weighted by atomic mass is 10.2. The first-order chi connectivity index (χ1) is 11.1. The van der Waals surface area contributed by atoms with Crippen molar-refractivity contribution in [3.8, 4) is 0 Å². The third kappa shape index (κ3) is 3.32. The molecule has 1 aliphatic rings. The molecular weight excluding hydrogens is 312 g/mol. The van der Waals surface area contributed by atoms with Crippen LogP contribution in [-0.2, 0) is 11.3 Å². The Labute approximate surface area is 139 Å². The van der Waals surface area contributed by atoms with Gasteiger partial charge in [-0.05, 0) is 43.3 Å². The van der Waals surface area contributed by atoms with Crippen molar-refractivity contribution in [2.75, 3.05) is 13.6 Å². The highest BCUT2D eigenvalue weighted by Crippen LogP contribution is 2.24. The second-order valence-electron chi connectivity index (χ2n) is 5.84. The highest BCUT2D eigenvalue weighted by Gasteiger charge is 2.36. The average molecular weight is 332 g/mol. The number of rotatable bonds is 4. The molecule has 3 rings (SSSR count). The van der Waals surface area contributed by atoms with Crippen LogP contribution in [0.15, 0.2) is 34.1 Å². The average Bonchev–Trinajstić information content (AvgIpc) is 3.27. The summed E-state index contributed by atoms with van der Waals surface area (Å²) in [5.41, 5.74) is 0. The van der Waals surface area contributed by atoms with Crippen molar-refractivity contribution in [3.63, 3.8) is 0 Å². The number of amides is 2. The molecule has 0 unspecified atom stereocenters. The molecule has 122 valence electrons. The molecule has 6 heteroatoms. The third-order valence-corrected chi connectivity index (χ3v) is 4.95.